The molecule has 2 atom stereocenters. The molecule has 3 aromatic rings. The van der Waals surface area contributed by atoms with E-state index in [1.807, 2.05) is 72.5 Å². The first-order valence-corrected chi connectivity index (χ1v) is 14.6. The van der Waals surface area contributed by atoms with Gasteiger partial charge in [0.1, 0.15) is 0 Å². The Balaban J connectivity index is 1.45. The Labute approximate surface area is 248 Å². The topological polar surface area (TPSA) is 123 Å². The van der Waals surface area contributed by atoms with Crippen LogP contribution in [0.2, 0.25) is 0 Å². The third kappa shape index (κ3) is 9.31. The van der Waals surface area contributed by atoms with Crippen molar-refractivity contribution in [2.75, 3.05) is 26.2 Å². The lowest BCUT2D eigenvalue weighted by atomic mass is 9.90. The molecule has 4 rings (SSSR count). The molecule has 0 bridgehead atoms. The molecule has 1 aliphatic rings. The van der Waals surface area contributed by atoms with Gasteiger partial charge in [0, 0.05) is 44.2 Å². The molecule has 0 unspecified atom stereocenters. The van der Waals surface area contributed by atoms with Gasteiger partial charge in [-0.25, -0.2) is 0 Å². The number of nitrogens with zero attached hydrogens (tertiary/aromatic N) is 1. The monoisotopic (exact) mass is 566 g/mol. The number of nitrogens with two attached hydrogens (primary N) is 1. The van der Waals surface area contributed by atoms with E-state index >= 15 is 0 Å². The zero-order valence-electron chi connectivity index (χ0n) is 24.3. The van der Waals surface area contributed by atoms with E-state index in [1.165, 1.54) is 16.7 Å². The second-order valence-corrected chi connectivity index (χ2v) is 10.8. The first-order chi connectivity index (χ1) is 20.4. The summed E-state index contributed by atoms with van der Waals surface area (Å²) in [4.78, 5) is 28.5. The van der Waals surface area contributed by atoms with Crippen LogP contribution in [0.15, 0.2) is 91.0 Å². The molecule has 8 nitrogen and oxygen atoms in total. The largest absolute Gasteiger partial charge is 0.370 e. The molecule has 1 heterocycles. The molecular weight excluding hydrogens is 524 g/mol. The molecule has 2 amide bonds. The minimum absolute atomic E-state index is 0.0412. The van der Waals surface area contributed by atoms with Crippen LogP contribution in [0.5, 0.6) is 0 Å². The predicted octanol–water partition coefficient (Wildman–Crippen LogP) is 3.78. The highest BCUT2D eigenvalue weighted by Gasteiger charge is 2.32. The Morgan fingerprint density at radius 2 is 1.67 bits per heavy atom. The maximum atomic E-state index is 13.9. The van der Waals surface area contributed by atoms with Gasteiger partial charge < -0.3 is 26.6 Å². The number of aryl methyl sites for hydroxylation is 1. The number of guanidine groups is 1. The number of nitrogens with one attached hydrogen (secondary N) is 4. The zero-order valence-corrected chi connectivity index (χ0v) is 24.3. The first-order valence-electron chi connectivity index (χ1n) is 14.6. The van der Waals surface area contributed by atoms with Crippen LogP contribution in [0, 0.1) is 12.3 Å². The lowest BCUT2D eigenvalue weighted by molar-refractivity contribution is -0.133. The molecule has 8 heteroatoms. The summed E-state index contributed by atoms with van der Waals surface area (Å²) < 4.78 is 0. The molecule has 1 saturated heterocycles. The smallest absolute Gasteiger partial charge is 0.244 e. The molecule has 0 aromatic heterocycles. The number of hydrogen-bond acceptors (Lipinski definition) is 4. The maximum absolute atomic E-state index is 13.9. The van der Waals surface area contributed by atoms with Gasteiger partial charge in [0.05, 0.1) is 6.04 Å². The van der Waals surface area contributed by atoms with Crippen LogP contribution in [0.25, 0.3) is 6.08 Å². The second kappa shape index (κ2) is 15.5. The van der Waals surface area contributed by atoms with Crippen molar-refractivity contribution in [3.8, 4) is 0 Å². The van der Waals surface area contributed by atoms with Crippen molar-refractivity contribution in [3.05, 3.63) is 113 Å². The summed E-state index contributed by atoms with van der Waals surface area (Å²) in [6, 6.07) is 28.2. The van der Waals surface area contributed by atoms with Gasteiger partial charge in [-0.3, -0.25) is 15.0 Å². The van der Waals surface area contributed by atoms with Gasteiger partial charge in [-0.2, -0.15) is 0 Å². The molecule has 0 radical (unpaired) electrons. The van der Waals surface area contributed by atoms with E-state index in [1.54, 1.807) is 12.2 Å². The van der Waals surface area contributed by atoms with Gasteiger partial charge in [-0.05, 0) is 49.0 Å². The summed E-state index contributed by atoms with van der Waals surface area (Å²) in [5.41, 5.74) is 9.92. The molecule has 42 heavy (non-hydrogen) atoms. The molecular formula is C34H42N6O2. The van der Waals surface area contributed by atoms with Crippen LogP contribution in [0.4, 0.5) is 0 Å². The zero-order chi connectivity index (χ0) is 29.7. The highest BCUT2D eigenvalue weighted by molar-refractivity contribution is 5.91. The molecule has 0 aliphatic carbocycles. The van der Waals surface area contributed by atoms with E-state index in [9.17, 15) is 9.59 Å². The van der Waals surface area contributed by atoms with E-state index in [0.29, 0.717) is 45.4 Å². The van der Waals surface area contributed by atoms with E-state index < -0.39 is 6.04 Å². The van der Waals surface area contributed by atoms with Crippen LogP contribution < -0.4 is 21.7 Å². The fourth-order valence-electron chi connectivity index (χ4n) is 5.29. The molecule has 0 saturated carbocycles. The average molecular weight is 567 g/mol. The normalized spacial score (nSPS) is 17.3. The van der Waals surface area contributed by atoms with E-state index in [2.05, 4.69) is 40.2 Å². The number of benzene rings is 3. The van der Waals surface area contributed by atoms with Gasteiger partial charge >= 0.3 is 0 Å². The highest BCUT2D eigenvalue weighted by Crippen LogP contribution is 2.27. The fraction of sp³-hybridized carbons (Fsp3) is 0.324. The maximum Gasteiger partial charge on any atom is 0.244 e. The van der Waals surface area contributed by atoms with E-state index in [-0.39, 0.29) is 29.7 Å². The SMILES string of the molecule is Cc1ccc(/C=C/C(=O)NC[C@@H]2CCN(CC(c3ccccc3)c3ccccc3)C(=O)[C@H](CCCNC(=N)N)N2)cc1. The van der Waals surface area contributed by atoms with Crippen molar-refractivity contribution in [1.29, 1.82) is 5.41 Å². The molecule has 1 fully saturated rings. The standard InChI is InChI=1S/C34H42N6O2/c1-25-14-16-26(17-15-25)18-19-32(41)38-23-29-20-22-40(33(42)31(39-29)13-8-21-37-34(35)36)24-30(27-9-4-2-5-10-27)28-11-6-3-7-12-28/h2-7,9-12,14-19,29-31,39H,8,13,20-24H2,1H3,(H,38,41)(H4,35,36,37)/b19-18+/t29-,31-/m0/s1. The number of carbonyl (C=O) groups excluding carboxylic acids is 2. The third-order valence-corrected chi connectivity index (χ3v) is 7.61. The Kier molecular flexibility index (Phi) is 11.3. The first kappa shape index (κ1) is 30.5. The van der Waals surface area contributed by atoms with Crippen molar-refractivity contribution < 1.29 is 9.59 Å². The predicted molar refractivity (Wildman–Crippen MR) is 169 cm³/mol. The van der Waals surface area contributed by atoms with Gasteiger partial charge in [-0.1, -0.05) is 90.5 Å². The Morgan fingerprint density at radius 1 is 1.02 bits per heavy atom. The summed E-state index contributed by atoms with van der Waals surface area (Å²) in [5.74, 6) is -0.146. The Hall–Kier alpha value is -4.43. The Bertz CT molecular complexity index is 1290. The lowest BCUT2D eigenvalue weighted by Crippen LogP contribution is -2.49. The summed E-state index contributed by atoms with van der Waals surface area (Å²) in [6.07, 6.45) is 5.34. The van der Waals surface area contributed by atoms with Crippen LogP contribution in [0.1, 0.15) is 47.4 Å². The summed E-state index contributed by atoms with van der Waals surface area (Å²) >= 11 is 0. The van der Waals surface area contributed by atoms with Crippen LogP contribution in [0.3, 0.4) is 0 Å². The van der Waals surface area contributed by atoms with Crippen molar-refractivity contribution in [3.63, 3.8) is 0 Å². The van der Waals surface area contributed by atoms with Crippen molar-refractivity contribution in [2.24, 2.45) is 5.73 Å². The van der Waals surface area contributed by atoms with Crippen LogP contribution >= 0.6 is 0 Å². The molecule has 0 spiro atoms. The molecule has 1 aliphatic heterocycles. The summed E-state index contributed by atoms with van der Waals surface area (Å²) in [6.45, 7) is 4.12. The van der Waals surface area contributed by atoms with Gasteiger partial charge in [0.25, 0.3) is 0 Å². The van der Waals surface area contributed by atoms with E-state index in [0.717, 1.165) is 5.56 Å². The number of hydrogen-bond donors (Lipinski definition) is 5. The fourth-order valence-corrected chi connectivity index (χ4v) is 5.29. The minimum atomic E-state index is -0.404. The number of rotatable bonds is 12. The molecule has 6 N–H and O–H groups in total. The summed E-state index contributed by atoms with van der Waals surface area (Å²) in [5, 5.41) is 16.8. The Morgan fingerprint density at radius 3 is 2.29 bits per heavy atom. The van der Waals surface area contributed by atoms with Gasteiger partial charge in [0.15, 0.2) is 5.96 Å². The number of carbonyl (C=O) groups is 2. The molecule has 3 aromatic carbocycles. The van der Waals surface area contributed by atoms with Crippen LogP contribution in [-0.2, 0) is 9.59 Å². The quantitative estimate of drug-likeness (QED) is 0.0988. The van der Waals surface area contributed by atoms with Crippen molar-refractivity contribution >= 4 is 23.8 Å². The summed E-state index contributed by atoms with van der Waals surface area (Å²) in [7, 11) is 0. The van der Waals surface area contributed by atoms with Crippen molar-refractivity contribution in [2.45, 2.75) is 44.2 Å². The number of amides is 2. The van der Waals surface area contributed by atoms with E-state index in [4.69, 9.17) is 11.1 Å². The van der Waals surface area contributed by atoms with Gasteiger partial charge in [-0.15, -0.1) is 0 Å². The average Bonchev–Trinajstić information content (AvgIpc) is 3.15. The molecule has 220 valence electrons. The van der Waals surface area contributed by atoms with Crippen LogP contribution in [-0.4, -0.2) is 60.9 Å². The highest BCUT2D eigenvalue weighted by atomic mass is 16.2. The van der Waals surface area contributed by atoms with Crippen molar-refractivity contribution in [1.82, 2.24) is 20.9 Å². The second-order valence-electron chi connectivity index (χ2n) is 10.8. The minimum Gasteiger partial charge on any atom is -0.370 e. The third-order valence-electron chi connectivity index (χ3n) is 7.61. The lowest BCUT2D eigenvalue weighted by Gasteiger charge is -2.29. The van der Waals surface area contributed by atoms with Gasteiger partial charge in [0.2, 0.25) is 11.8 Å².